The molecule has 0 aliphatic rings. The van der Waals surface area contributed by atoms with Gasteiger partial charge in [0.15, 0.2) is 0 Å². The molecule has 0 saturated carbocycles. The average molecular weight is 256 g/mol. The molecule has 2 aromatic heterocycles. The van der Waals surface area contributed by atoms with E-state index in [4.69, 9.17) is 0 Å². The molecule has 0 fully saturated rings. The van der Waals surface area contributed by atoms with Gasteiger partial charge in [-0.1, -0.05) is 12.1 Å². The summed E-state index contributed by atoms with van der Waals surface area (Å²) < 4.78 is 0. The molecule has 3 aromatic rings. The highest BCUT2D eigenvalue weighted by Gasteiger charge is 2.10. The van der Waals surface area contributed by atoms with E-state index in [0.717, 1.165) is 0 Å². The van der Waals surface area contributed by atoms with Gasteiger partial charge in [0.05, 0.1) is 0 Å². The lowest BCUT2D eigenvalue weighted by Gasteiger charge is -2.02. The van der Waals surface area contributed by atoms with Gasteiger partial charge in [-0.05, 0) is 17.3 Å². The van der Waals surface area contributed by atoms with Crippen LogP contribution in [0.25, 0.3) is 11.4 Å². The van der Waals surface area contributed by atoms with Gasteiger partial charge in [-0.3, -0.25) is 10.1 Å². The Morgan fingerprint density at radius 3 is 3.00 bits per heavy atom. The number of aromatic nitrogens is 7. The van der Waals surface area contributed by atoms with Gasteiger partial charge >= 0.3 is 0 Å². The van der Waals surface area contributed by atoms with Crippen molar-refractivity contribution >= 4 is 11.9 Å². The highest BCUT2D eigenvalue weighted by atomic mass is 16.1. The van der Waals surface area contributed by atoms with E-state index in [1.165, 1.54) is 6.33 Å². The molecule has 0 unspecified atom stereocenters. The van der Waals surface area contributed by atoms with Crippen molar-refractivity contribution in [3.05, 3.63) is 36.2 Å². The minimum atomic E-state index is -0.304. The number of benzene rings is 1. The molecule has 0 radical (unpaired) electrons. The number of hydrogen-bond donors (Lipinski definition) is 3. The quantitative estimate of drug-likeness (QED) is 0.616. The molecule has 9 heteroatoms. The van der Waals surface area contributed by atoms with Crippen molar-refractivity contribution < 1.29 is 4.79 Å². The van der Waals surface area contributed by atoms with Crippen molar-refractivity contribution in [3.63, 3.8) is 0 Å². The van der Waals surface area contributed by atoms with Crippen LogP contribution in [-0.2, 0) is 0 Å². The maximum absolute atomic E-state index is 12.0. The Morgan fingerprint density at radius 2 is 2.26 bits per heavy atom. The Labute approximate surface area is 106 Å². The number of aromatic amines is 2. The van der Waals surface area contributed by atoms with Gasteiger partial charge in [-0.15, -0.1) is 10.2 Å². The summed E-state index contributed by atoms with van der Waals surface area (Å²) >= 11 is 0. The van der Waals surface area contributed by atoms with Gasteiger partial charge in [0.25, 0.3) is 5.91 Å². The Bertz CT molecular complexity index is 675. The summed E-state index contributed by atoms with van der Waals surface area (Å²) in [6.45, 7) is 0. The molecule has 2 heterocycles. The molecular weight excluding hydrogens is 248 g/mol. The first-order chi connectivity index (χ1) is 9.33. The monoisotopic (exact) mass is 256 g/mol. The van der Waals surface area contributed by atoms with Crippen LogP contribution in [0.15, 0.2) is 30.6 Å². The SMILES string of the molecule is O=C(Nc1ncn[nH]1)c1cccc(-c2nn[nH]n2)c1. The van der Waals surface area contributed by atoms with E-state index in [9.17, 15) is 4.79 Å². The van der Waals surface area contributed by atoms with Crippen LogP contribution in [0.4, 0.5) is 5.95 Å². The predicted molar refractivity (Wildman–Crippen MR) is 63.9 cm³/mol. The third-order valence-corrected chi connectivity index (χ3v) is 2.38. The molecule has 0 aliphatic carbocycles. The second-order valence-electron chi connectivity index (χ2n) is 3.60. The van der Waals surface area contributed by atoms with Crippen LogP contribution in [0.2, 0.25) is 0 Å². The largest absolute Gasteiger partial charge is 0.291 e. The van der Waals surface area contributed by atoms with E-state index in [1.807, 2.05) is 0 Å². The number of nitrogens with zero attached hydrogens (tertiary/aromatic N) is 5. The van der Waals surface area contributed by atoms with Gasteiger partial charge in [0.1, 0.15) is 6.33 Å². The Morgan fingerprint density at radius 1 is 1.32 bits per heavy atom. The first-order valence-corrected chi connectivity index (χ1v) is 5.33. The fourth-order valence-corrected chi connectivity index (χ4v) is 1.53. The van der Waals surface area contributed by atoms with Gasteiger partial charge in [-0.25, -0.2) is 5.10 Å². The van der Waals surface area contributed by atoms with Crippen molar-refractivity contribution in [1.82, 2.24) is 35.8 Å². The lowest BCUT2D eigenvalue weighted by atomic mass is 10.1. The molecule has 3 N–H and O–H groups in total. The molecule has 1 amide bonds. The fourth-order valence-electron chi connectivity index (χ4n) is 1.53. The van der Waals surface area contributed by atoms with E-state index < -0.39 is 0 Å². The molecule has 94 valence electrons. The van der Waals surface area contributed by atoms with Crippen molar-refractivity contribution in [1.29, 1.82) is 0 Å². The lowest BCUT2D eigenvalue weighted by Crippen LogP contribution is -2.13. The van der Waals surface area contributed by atoms with E-state index >= 15 is 0 Å². The topological polar surface area (TPSA) is 125 Å². The van der Waals surface area contributed by atoms with Crippen LogP contribution in [0.3, 0.4) is 0 Å². The third-order valence-electron chi connectivity index (χ3n) is 2.38. The molecule has 19 heavy (non-hydrogen) atoms. The standard InChI is InChI=1S/C10H8N8O/c19-9(13-10-11-5-12-16-10)7-3-1-2-6(4-7)8-14-17-18-15-8/h1-5H,(H,14,15,17,18)(H2,11,12,13,16,19). The molecule has 0 atom stereocenters. The number of hydrogen-bond acceptors (Lipinski definition) is 6. The van der Waals surface area contributed by atoms with Crippen molar-refractivity contribution in [2.24, 2.45) is 0 Å². The number of rotatable bonds is 3. The summed E-state index contributed by atoms with van der Waals surface area (Å²) in [7, 11) is 0. The minimum Gasteiger partial charge on any atom is -0.291 e. The molecule has 3 rings (SSSR count). The first kappa shape index (κ1) is 11.0. The second kappa shape index (κ2) is 4.64. The van der Waals surface area contributed by atoms with E-state index in [-0.39, 0.29) is 11.9 Å². The number of nitrogens with one attached hydrogen (secondary N) is 3. The Balaban J connectivity index is 1.85. The average Bonchev–Trinajstić information content (AvgIpc) is 3.12. The number of H-pyrrole nitrogens is 2. The molecule has 0 aliphatic heterocycles. The van der Waals surface area contributed by atoms with Crippen LogP contribution in [0.1, 0.15) is 10.4 Å². The third kappa shape index (κ3) is 2.29. The molecule has 1 aromatic carbocycles. The number of carbonyl (C=O) groups excluding carboxylic acids is 1. The maximum Gasteiger partial charge on any atom is 0.258 e. The first-order valence-electron chi connectivity index (χ1n) is 5.33. The van der Waals surface area contributed by atoms with Crippen LogP contribution >= 0.6 is 0 Å². The lowest BCUT2D eigenvalue weighted by molar-refractivity contribution is 0.102. The minimum absolute atomic E-state index is 0.287. The molecular formula is C10H8N8O. The van der Waals surface area contributed by atoms with Crippen LogP contribution in [0, 0.1) is 0 Å². The maximum atomic E-state index is 12.0. The second-order valence-corrected chi connectivity index (χ2v) is 3.60. The highest BCUT2D eigenvalue weighted by molar-refractivity contribution is 6.03. The number of tetrazole rings is 1. The zero-order chi connectivity index (χ0) is 13.1. The number of amides is 1. The highest BCUT2D eigenvalue weighted by Crippen LogP contribution is 2.15. The molecule has 0 bridgehead atoms. The van der Waals surface area contributed by atoms with Crippen molar-refractivity contribution in [3.8, 4) is 11.4 Å². The van der Waals surface area contributed by atoms with E-state index in [0.29, 0.717) is 17.0 Å². The van der Waals surface area contributed by atoms with Gasteiger partial charge in [0.2, 0.25) is 11.8 Å². The van der Waals surface area contributed by atoms with Crippen LogP contribution in [0.5, 0.6) is 0 Å². The number of anilines is 1. The summed E-state index contributed by atoms with van der Waals surface area (Å²) in [5, 5.41) is 22.3. The van der Waals surface area contributed by atoms with Crippen LogP contribution in [-0.4, -0.2) is 41.7 Å². The van der Waals surface area contributed by atoms with E-state index in [2.05, 4.69) is 41.1 Å². The smallest absolute Gasteiger partial charge is 0.258 e. The Hall–Kier alpha value is -3.10. The Kier molecular flexibility index (Phi) is 2.69. The van der Waals surface area contributed by atoms with Crippen LogP contribution < -0.4 is 5.32 Å². The van der Waals surface area contributed by atoms with Gasteiger partial charge in [0, 0.05) is 11.1 Å². The zero-order valence-corrected chi connectivity index (χ0v) is 9.53. The summed E-state index contributed by atoms with van der Waals surface area (Å²) in [6.07, 6.45) is 1.31. The molecule has 0 saturated heterocycles. The predicted octanol–water partition coefficient (Wildman–Crippen LogP) is 0.237. The van der Waals surface area contributed by atoms with Gasteiger partial charge < -0.3 is 0 Å². The fraction of sp³-hybridized carbons (Fsp3) is 0. The molecule has 9 nitrogen and oxygen atoms in total. The summed E-state index contributed by atoms with van der Waals surface area (Å²) in [6, 6.07) is 6.86. The number of carbonyl (C=O) groups is 1. The summed E-state index contributed by atoms with van der Waals surface area (Å²) in [5.74, 6) is 0.409. The van der Waals surface area contributed by atoms with E-state index in [1.54, 1.807) is 24.3 Å². The van der Waals surface area contributed by atoms with Crippen molar-refractivity contribution in [2.45, 2.75) is 0 Å². The molecule has 0 spiro atoms. The normalized spacial score (nSPS) is 10.3. The zero-order valence-electron chi connectivity index (χ0n) is 9.53. The van der Waals surface area contributed by atoms with Crippen molar-refractivity contribution in [2.75, 3.05) is 5.32 Å². The van der Waals surface area contributed by atoms with Gasteiger partial charge in [-0.2, -0.15) is 15.3 Å². The summed E-state index contributed by atoms with van der Waals surface area (Å²) in [5.41, 5.74) is 1.15. The summed E-state index contributed by atoms with van der Waals surface area (Å²) in [4.78, 5) is 15.8.